The van der Waals surface area contributed by atoms with Crippen LogP contribution in [-0.2, 0) is 9.47 Å². The first-order valence-electron chi connectivity index (χ1n) is 8.92. The summed E-state index contributed by atoms with van der Waals surface area (Å²) in [6.07, 6.45) is 7.74. The predicted octanol–water partition coefficient (Wildman–Crippen LogP) is 1.80. The number of nitrogens with two attached hydrogens (primary N) is 1. The summed E-state index contributed by atoms with van der Waals surface area (Å²) < 4.78 is 18.7. The SMILES string of the molecule is N=C(c1cnn([C@H]2CCOC2)c1)c1c(N)ccnc1OC1CCOCC1. The minimum atomic E-state index is 0.0305. The van der Waals surface area contributed by atoms with Gasteiger partial charge in [0, 0.05) is 43.1 Å². The van der Waals surface area contributed by atoms with Crippen LogP contribution in [0.5, 0.6) is 5.88 Å². The van der Waals surface area contributed by atoms with Crippen LogP contribution in [0.4, 0.5) is 5.69 Å². The molecule has 2 fully saturated rings. The molecular weight excluding hydrogens is 334 g/mol. The van der Waals surface area contributed by atoms with Crippen molar-refractivity contribution in [3.05, 3.63) is 35.8 Å². The molecule has 2 aliphatic heterocycles. The van der Waals surface area contributed by atoms with Crippen molar-refractivity contribution in [2.24, 2.45) is 0 Å². The number of hydrogen-bond acceptors (Lipinski definition) is 7. The van der Waals surface area contributed by atoms with Gasteiger partial charge in [0.15, 0.2) is 0 Å². The van der Waals surface area contributed by atoms with Crippen molar-refractivity contribution in [2.45, 2.75) is 31.4 Å². The number of hydrogen-bond donors (Lipinski definition) is 2. The number of rotatable bonds is 5. The van der Waals surface area contributed by atoms with Crippen molar-refractivity contribution in [2.75, 3.05) is 32.2 Å². The Bertz CT molecular complexity index is 779. The highest BCUT2D eigenvalue weighted by Crippen LogP contribution is 2.28. The average molecular weight is 357 g/mol. The zero-order chi connectivity index (χ0) is 17.9. The van der Waals surface area contributed by atoms with Crippen LogP contribution in [0.15, 0.2) is 24.7 Å². The summed E-state index contributed by atoms with van der Waals surface area (Å²) in [6, 6.07) is 1.91. The molecule has 0 radical (unpaired) electrons. The lowest BCUT2D eigenvalue weighted by Crippen LogP contribution is -2.27. The lowest BCUT2D eigenvalue weighted by molar-refractivity contribution is 0.0237. The largest absolute Gasteiger partial charge is 0.474 e. The number of anilines is 1. The maximum Gasteiger partial charge on any atom is 0.225 e. The van der Waals surface area contributed by atoms with Crippen molar-refractivity contribution in [3.8, 4) is 5.88 Å². The van der Waals surface area contributed by atoms with Gasteiger partial charge in [0.1, 0.15) is 6.10 Å². The number of aromatic nitrogens is 3. The van der Waals surface area contributed by atoms with Crippen LogP contribution in [0.2, 0.25) is 0 Å². The third kappa shape index (κ3) is 3.42. The van der Waals surface area contributed by atoms with Crippen LogP contribution in [0.25, 0.3) is 0 Å². The summed E-state index contributed by atoms with van der Waals surface area (Å²) in [5.74, 6) is 0.402. The highest BCUT2D eigenvalue weighted by atomic mass is 16.5. The standard InChI is InChI=1S/C18H23N5O3/c19-15-1-5-21-18(26-14-3-7-24-8-4-14)16(15)17(20)12-9-22-23(10-12)13-2-6-25-11-13/h1,5,9-10,13-14,20H,2-4,6-8,11H2,(H2,19,21)/t13-/m0/s1. The average Bonchev–Trinajstić information content (AvgIpc) is 3.34. The Balaban J connectivity index is 1.58. The molecule has 0 unspecified atom stereocenters. The molecule has 1 atom stereocenters. The van der Waals surface area contributed by atoms with Gasteiger partial charge in [-0.2, -0.15) is 5.10 Å². The highest BCUT2D eigenvalue weighted by molar-refractivity contribution is 6.15. The van der Waals surface area contributed by atoms with E-state index < -0.39 is 0 Å². The minimum Gasteiger partial charge on any atom is -0.474 e. The summed E-state index contributed by atoms with van der Waals surface area (Å²) in [7, 11) is 0. The van der Waals surface area contributed by atoms with Gasteiger partial charge in [0.2, 0.25) is 5.88 Å². The van der Waals surface area contributed by atoms with Gasteiger partial charge in [-0.25, -0.2) is 4.98 Å². The molecular formula is C18H23N5O3. The fourth-order valence-corrected chi connectivity index (χ4v) is 3.29. The van der Waals surface area contributed by atoms with E-state index in [0.29, 0.717) is 42.5 Å². The first-order valence-corrected chi connectivity index (χ1v) is 8.92. The van der Waals surface area contributed by atoms with Gasteiger partial charge in [-0.1, -0.05) is 0 Å². The van der Waals surface area contributed by atoms with E-state index in [9.17, 15) is 0 Å². The third-order valence-electron chi connectivity index (χ3n) is 4.82. The summed E-state index contributed by atoms with van der Waals surface area (Å²) in [5.41, 5.74) is 8.11. The predicted molar refractivity (Wildman–Crippen MR) is 95.7 cm³/mol. The van der Waals surface area contributed by atoms with Crippen LogP contribution in [0, 0.1) is 5.41 Å². The van der Waals surface area contributed by atoms with Crippen LogP contribution >= 0.6 is 0 Å². The lowest BCUT2D eigenvalue weighted by atomic mass is 10.0. The van der Waals surface area contributed by atoms with Gasteiger partial charge in [-0.3, -0.25) is 10.1 Å². The van der Waals surface area contributed by atoms with Gasteiger partial charge in [-0.15, -0.1) is 0 Å². The molecule has 2 saturated heterocycles. The molecule has 0 aromatic carbocycles. The van der Waals surface area contributed by atoms with Gasteiger partial charge in [0.25, 0.3) is 0 Å². The molecule has 8 heteroatoms. The molecule has 0 bridgehead atoms. The normalized spacial score (nSPS) is 21.0. The topological polar surface area (TPSA) is 108 Å². The fraction of sp³-hybridized carbons (Fsp3) is 0.500. The lowest BCUT2D eigenvalue weighted by Gasteiger charge is -2.24. The molecule has 3 N–H and O–H groups in total. The second-order valence-corrected chi connectivity index (χ2v) is 6.61. The molecule has 138 valence electrons. The molecule has 0 aliphatic carbocycles. The molecule has 26 heavy (non-hydrogen) atoms. The molecule has 0 amide bonds. The Labute approximate surface area is 151 Å². The van der Waals surface area contributed by atoms with Crippen LogP contribution in [-0.4, -0.2) is 53.0 Å². The van der Waals surface area contributed by atoms with E-state index in [-0.39, 0.29) is 17.9 Å². The van der Waals surface area contributed by atoms with E-state index in [1.54, 1.807) is 18.5 Å². The number of pyridine rings is 1. The Morgan fingerprint density at radius 2 is 2.04 bits per heavy atom. The summed E-state index contributed by atoms with van der Waals surface area (Å²) in [5, 5.41) is 13.0. The van der Waals surface area contributed by atoms with E-state index in [1.807, 2.05) is 10.9 Å². The van der Waals surface area contributed by atoms with Gasteiger partial charge in [0.05, 0.1) is 43.3 Å². The maximum atomic E-state index is 8.64. The van der Waals surface area contributed by atoms with E-state index in [2.05, 4.69) is 10.1 Å². The van der Waals surface area contributed by atoms with Crippen molar-refractivity contribution < 1.29 is 14.2 Å². The van der Waals surface area contributed by atoms with Crippen LogP contribution in [0.1, 0.15) is 36.4 Å². The van der Waals surface area contributed by atoms with Gasteiger partial charge in [-0.05, 0) is 12.5 Å². The van der Waals surface area contributed by atoms with Crippen LogP contribution < -0.4 is 10.5 Å². The number of nitrogens with one attached hydrogen (secondary N) is 1. The smallest absolute Gasteiger partial charge is 0.225 e. The second kappa shape index (κ2) is 7.43. The van der Waals surface area contributed by atoms with Gasteiger partial charge < -0.3 is 19.9 Å². The number of nitrogen functional groups attached to an aromatic ring is 1. The quantitative estimate of drug-likeness (QED) is 0.790. The Hall–Kier alpha value is -2.45. The number of ether oxygens (including phenoxy) is 3. The minimum absolute atomic E-state index is 0.0305. The van der Waals surface area contributed by atoms with E-state index in [4.69, 9.17) is 25.4 Å². The Morgan fingerprint density at radius 1 is 1.23 bits per heavy atom. The molecule has 4 rings (SSSR count). The van der Waals surface area contributed by atoms with E-state index in [1.165, 1.54) is 0 Å². The van der Waals surface area contributed by atoms with Crippen LogP contribution in [0.3, 0.4) is 0 Å². The molecule has 4 heterocycles. The van der Waals surface area contributed by atoms with Gasteiger partial charge >= 0.3 is 0 Å². The molecule has 0 saturated carbocycles. The van der Waals surface area contributed by atoms with Crippen molar-refractivity contribution in [3.63, 3.8) is 0 Å². The first kappa shape index (κ1) is 17.0. The molecule has 2 aliphatic rings. The Kier molecular flexibility index (Phi) is 4.85. The summed E-state index contributed by atoms with van der Waals surface area (Å²) in [6.45, 7) is 2.75. The number of nitrogens with zero attached hydrogens (tertiary/aromatic N) is 3. The third-order valence-corrected chi connectivity index (χ3v) is 4.82. The van der Waals surface area contributed by atoms with Crippen molar-refractivity contribution in [1.29, 1.82) is 5.41 Å². The zero-order valence-corrected chi connectivity index (χ0v) is 14.6. The van der Waals surface area contributed by atoms with E-state index >= 15 is 0 Å². The molecule has 2 aromatic heterocycles. The molecule has 2 aromatic rings. The monoisotopic (exact) mass is 357 g/mol. The maximum absolute atomic E-state index is 8.64. The second-order valence-electron chi connectivity index (χ2n) is 6.61. The zero-order valence-electron chi connectivity index (χ0n) is 14.6. The highest BCUT2D eigenvalue weighted by Gasteiger charge is 2.24. The van der Waals surface area contributed by atoms with E-state index in [0.717, 1.165) is 25.9 Å². The first-order chi connectivity index (χ1) is 12.7. The van der Waals surface area contributed by atoms with Crippen molar-refractivity contribution in [1.82, 2.24) is 14.8 Å². The van der Waals surface area contributed by atoms with Crippen molar-refractivity contribution >= 4 is 11.4 Å². The summed E-state index contributed by atoms with van der Waals surface area (Å²) in [4.78, 5) is 4.33. The molecule has 8 nitrogen and oxygen atoms in total. The Morgan fingerprint density at radius 3 is 2.81 bits per heavy atom. The fourth-order valence-electron chi connectivity index (χ4n) is 3.29. The molecule has 0 spiro atoms. The summed E-state index contributed by atoms with van der Waals surface area (Å²) >= 11 is 0.